The molecule has 54 heavy (non-hydrogen) atoms. The van der Waals surface area contributed by atoms with Gasteiger partial charge in [-0.3, -0.25) is 9.97 Å². The van der Waals surface area contributed by atoms with Gasteiger partial charge in [-0.25, -0.2) is 9.97 Å². The van der Waals surface area contributed by atoms with Crippen molar-refractivity contribution in [3.63, 3.8) is 0 Å². The highest BCUT2D eigenvalue weighted by Gasteiger charge is 2.21. The number of benzene rings is 5. The molecule has 10 rings (SSSR count). The predicted molar refractivity (Wildman–Crippen MR) is 220 cm³/mol. The zero-order valence-electron chi connectivity index (χ0n) is 30.1. The molecule has 0 saturated carbocycles. The predicted octanol–water partition coefficient (Wildman–Crippen LogP) is 11.1. The van der Waals surface area contributed by atoms with Gasteiger partial charge in [-0.05, 0) is 93.9 Å². The van der Waals surface area contributed by atoms with Crippen LogP contribution in [0.5, 0.6) is 0 Å². The molecular weight excluding hydrogens is 661 g/mol. The number of hydrogen-bond donors (Lipinski definition) is 0. The van der Waals surface area contributed by atoms with Crippen LogP contribution in [-0.4, -0.2) is 29.1 Å². The molecule has 6 nitrogen and oxygen atoms in total. The van der Waals surface area contributed by atoms with Crippen LogP contribution in [0.4, 0.5) is 0 Å². The minimum atomic E-state index is 0.940. The quantitative estimate of drug-likeness (QED) is 0.174. The molecule has 6 heteroatoms. The van der Waals surface area contributed by atoms with Gasteiger partial charge in [0.05, 0.1) is 28.1 Å². The molecule has 0 bridgehead atoms. The van der Waals surface area contributed by atoms with Crippen molar-refractivity contribution in [1.29, 1.82) is 0 Å². The Morgan fingerprint density at radius 1 is 0.481 bits per heavy atom. The van der Waals surface area contributed by atoms with Crippen molar-refractivity contribution >= 4 is 33.5 Å². The van der Waals surface area contributed by atoms with E-state index in [1.165, 1.54) is 44.3 Å². The summed E-state index contributed by atoms with van der Waals surface area (Å²) < 4.78 is 4.42. The molecule has 0 unspecified atom stereocenters. The summed E-state index contributed by atoms with van der Waals surface area (Å²) in [6.45, 7) is 0. The first kappa shape index (κ1) is 31.8. The van der Waals surface area contributed by atoms with E-state index < -0.39 is 0 Å². The van der Waals surface area contributed by atoms with Crippen LogP contribution in [0, 0.1) is 0 Å². The van der Waals surface area contributed by atoms with Crippen LogP contribution in [0.1, 0.15) is 23.5 Å². The maximum absolute atomic E-state index is 5.10. The van der Waals surface area contributed by atoms with Gasteiger partial charge in [-0.2, -0.15) is 0 Å². The van der Waals surface area contributed by atoms with E-state index in [0.717, 1.165) is 69.3 Å². The standard InChI is InChI=1S/C48H36N6/c1-53-45-25-23-35(41-13-3-5-27-49-41)29-43(45)51-47(53)33-19-15-31(16-20-33)37-9-7-12-40-38(10-8-11-39(37)40)32-17-21-34(22-18-32)48-52-44-30-36(24-26-46(44)54(48)2)42-14-4-6-28-50-42/h3-23,25,27-30H,24,26H2,1-2H3. The lowest BCUT2D eigenvalue weighted by Crippen LogP contribution is -2.04. The molecule has 0 N–H and O–H groups in total. The fourth-order valence-corrected chi connectivity index (χ4v) is 8.03. The van der Waals surface area contributed by atoms with Gasteiger partial charge in [0.1, 0.15) is 11.6 Å². The Balaban J connectivity index is 0.941. The van der Waals surface area contributed by atoms with E-state index in [4.69, 9.17) is 9.97 Å². The molecule has 5 aromatic carbocycles. The van der Waals surface area contributed by atoms with Crippen LogP contribution in [0.2, 0.25) is 0 Å². The first-order valence-corrected chi connectivity index (χ1v) is 18.4. The smallest absolute Gasteiger partial charge is 0.140 e. The van der Waals surface area contributed by atoms with Crippen molar-refractivity contribution in [2.24, 2.45) is 14.1 Å². The second-order valence-electron chi connectivity index (χ2n) is 14.0. The van der Waals surface area contributed by atoms with Crippen molar-refractivity contribution in [1.82, 2.24) is 29.1 Å². The van der Waals surface area contributed by atoms with E-state index in [1.807, 2.05) is 42.7 Å². The molecule has 0 spiro atoms. The third kappa shape index (κ3) is 5.42. The van der Waals surface area contributed by atoms with Gasteiger partial charge >= 0.3 is 0 Å². The normalized spacial score (nSPS) is 12.6. The van der Waals surface area contributed by atoms with Crippen molar-refractivity contribution in [2.75, 3.05) is 0 Å². The van der Waals surface area contributed by atoms with Crippen molar-refractivity contribution < 1.29 is 0 Å². The molecule has 0 saturated heterocycles. The summed E-state index contributed by atoms with van der Waals surface area (Å²) in [4.78, 5) is 19.2. The lowest BCUT2D eigenvalue weighted by Gasteiger charge is -2.14. The summed E-state index contributed by atoms with van der Waals surface area (Å²) in [5, 5.41) is 2.45. The molecule has 4 aromatic heterocycles. The molecular formula is C48H36N6. The second kappa shape index (κ2) is 12.9. The van der Waals surface area contributed by atoms with Gasteiger partial charge in [0.25, 0.3) is 0 Å². The maximum atomic E-state index is 5.10. The average Bonchev–Trinajstić information content (AvgIpc) is 3.76. The van der Waals surface area contributed by atoms with Gasteiger partial charge in [0.2, 0.25) is 0 Å². The summed E-state index contributed by atoms with van der Waals surface area (Å²) in [7, 11) is 4.21. The number of allylic oxidation sites excluding steroid dienone is 1. The zero-order chi connectivity index (χ0) is 36.2. The molecule has 1 aliphatic carbocycles. The third-order valence-electron chi connectivity index (χ3n) is 10.9. The molecule has 0 aliphatic heterocycles. The van der Waals surface area contributed by atoms with Crippen LogP contribution >= 0.6 is 0 Å². The average molecular weight is 697 g/mol. The van der Waals surface area contributed by atoms with E-state index in [1.54, 1.807) is 0 Å². The van der Waals surface area contributed by atoms with Crippen molar-refractivity contribution in [3.8, 4) is 56.3 Å². The van der Waals surface area contributed by atoms with E-state index in [9.17, 15) is 0 Å². The monoisotopic (exact) mass is 696 g/mol. The van der Waals surface area contributed by atoms with Gasteiger partial charge in [-0.1, -0.05) is 103 Å². The number of fused-ring (bicyclic) bond motifs is 3. The summed E-state index contributed by atoms with van der Waals surface area (Å²) in [6, 6.07) is 49.3. The zero-order valence-corrected chi connectivity index (χ0v) is 30.1. The van der Waals surface area contributed by atoms with Crippen molar-refractivity contribution in [2.45, 2.75) is 12.8 Å². The second-order valence-corrected chi connectivity index (χ2v) is 14.0. The SMILES string of the molecule is Cn1c(-c2ccc(-c3cccc4c(-c5ccc(-c6nc7cc(-c8ccccn8)ccc7n6C)cc5)cccc34)cc2)nc2c1CCC(c1ccccn1)=C2. The fraction of sp³-hybridized carbons (Fsp3) is 0.0833. The first-order valence-electron chi connectivity index (χ1n) is 18.4. The Kier molecular flexibility index (Phi) is 7.62. The summed E-state index contributed by atoms with van der Waals surface area (Å²) in [5.74, 6) is 1.93. The first-order chi connectivity index (χ1) is 26.6. The lowest BCUT2D eigenvalue weighted by molar-refractivity contribution is 0.812. The number of nitrogens with zero attached hydrogens (tertiary/aromatic N) is 6. The Labute approximate surface area is 313 Å². The van der Waals surface area contributed by atoms with Crippen LogP contribution < -0.4 is 0 Å². The van der Waals surface area contributed by atoms with Crippen LogP contribution in [0.3, 0.4) is 0 Å². The highest BCUT2D eigenvalue weighted by atomic mass is 15.1. The van der Waals surface area contributed by atoms with E-state index in [-0.39, 0.29) is 0 Å². The summed E-state index contributed by atoms with van der Waals surface area (Å²) >= 11 is 0. The lowest BCUT2D eigenvalue weighted by atomic mass is 9.92. The summed E-state index contributed by atoms with van der Waals surface area (Å²) in [5.41, 5.74) is 15.6. The molecule has 4 heterocycles. The fourth-order valence-electron chi connectivity index (χ4n) is 8.03. The molecule has 0 atom stereocenters. The molecule has 0 amide bonds. The minimum Gasteiger partial charge on any atom is -0.331 e. The summed E-state index contributed by atoms with van der Waals surface area (Å²) in [6.07, 6.45) is 7.81. The Morgan fingerprint density at radius 2 is 1.06 bits per heavy atom. The number of rotatable bonds is 6. The Morgan fingerprint density at radius 3 is 1.67 bits per heavy atom. The number of aromatic nitrogens is 6. The number of pyridine rings is 2. The largest absolute Gasteiger partial charge is 0.331 e. The van der Waals surface area contributed by atoms with Gasteiger partial charge < -0.3 is 9.13 Å². The Hall–Kier alpha value is -6.92. The highest BCUT2D eigenvalue weighted by Crippen LogP contribution is 2.37. The topological polar surface area (TPSA) is 61.4 Å². The van der Waals surface area contributed by atoms with Crippen LogP contribution in [0.15, 0.2) is 152 Å². The Bertz CT molecular complexity index is 2860. The molecule has 0 radical (unpaired) electrons. The van der Waals surface area contributed by atoms with E-state index in [2.05, 4.69) is 148 Å². The molecule has 1 aliphatic rings. The number of hydrogen-bond acceptors (Lipinski definition) is 4. The number of aryl methyl sites for hydroxylation is 1. The van der Waals surface area contributed by atoms with Crippen LogP contribution in [-0.2, 0) is 20.5 Å². The van der Waals surface area contributed by atoms with Gasteiger partial charge in [0, 0.05) is 48.9 Å². The van der Waals surface area contributed by atoms with Gasteiger partial charge in [0.15, 0.2) is 0 Å². The van der Waals surface area contributed by atoms with E-state index in [0.29, 0.717) is 0 Å². The third-order valence-corrected chi connectivity index (χ3v) is 10.9. The minimum absolute atomic E-state index is 0.940. The highest BCUT2D eigenvalue weighted by molar-refractivity contribution is 6.04. The van der Waals surface area contributed by atoms with E-state index >= 15 is 0 Å². The molecule has 258 valence electrons. The van der Waals surface area contributed by atoms with Gasteiger partial charge in [-0.15, -0.1) is 0 Å². The molecule has 9 aromatic rings. The van der Waals surface area contributed by atoms with Crippen LogP contribution in [0.25, 0.3) is 89.7 Å². The van der Waals surface area contributed by atoms with Crippen molar-refractivity contribution in [3.05, 3.63) is 169 Å². The maximum Gasteiger partial charge on any atom is 0.140 e. The number of imidazole rings is 2. The molecule has 0 fully saturated rings.